The van der Waals surface area contributed by atoms with Gasteiger partial charge in [-0.05, 0) is 0 Å². The lowest BCUT2D eigenvalue weighted by molar-refractivity contribution is -0.130. The maximum atomic E-state index is 12.5. The summed E-state index contributed by atoms with van der Waals surface area (Å²) in [6.45, 7) is 3.02. The summed E-state index contributed by atoms with van der Waals surface area (Å²) in [6, 6.07) is -0.425. The third-order valence-corrected chi connectivity index (χ3v) is 4.10. The molecule has 0 aromatic rings. The van der Waals surface area contributed by atoms with E-state index in [4.69, 9.17) is 4.74 Å². The summed E-state index contributed by atoms with van der Waals surface area (Å²) in [5.74, 6) is 0. The fraction of sp³-hybridized carbons (Fsp3) is 0.700. The summed E-state index contributed by atoms with van der Waals surface area (Å²) < 4.78 is 43.0. The Morgan fingerprint density at radius 1 is 1.61 bits per heavy atom. The average Bonchev–Trinajstić information content (AvgIpc) is 2.70. The van der Waals surface area contributed by atoms with E-state index in [0.717, 1.165) is 0 Å². The molecule has 0 aliphatic carbocycles. The van der Waals surface area contributed by atoms with Crippen LogP contribution in [-0.2, 0) is 4.74 Å². The second kappa shape index (κ2) is 4.75. The Morgan fingerprint density at radius 3 is 2.83 bits per heavy atom. The number of halogens is 3. The summed E-state index contributed by atoms with van der Waals surface area (Å²) in [7, 11) is 1.56. The van der Waals surface area contributed by atoms with E-state index in [0.29, 0.717) is 5.17 Å². The van der Waals surface area contributed by atoms with Gasteiger partial charge in [0.1, 0.15) is 5.44 Å². The van der Waals surface area contributed by atoms with Crippen molar-refractivity contribution in [2.75, 3.05) is 7.05 Å². The van der Waals surface area contributed by atoms with Crippen LogP contribution in [0.25, 0.3) is 0 Å². The van der Waals surface area contributed by atoms with Gasteiger partial charge in [-0.25, -0.2) is 0 Å². The molecule has 102 valence electrons. The molecular formula is C10H13F3N2O2S. The van der Waals surface area contributed by atoms with Gasteiger partial charge in [0.25, 0.3) is 0 Å². The molecule has 0 amide bonds. The number of thioether (sulfide) groups is 1. The van der Waals surface area contributed by atoms with Crippen LogP contribution in [0.1, 0.15) is 6.42 Å². The summed E-state index contributed by atoms with van der Waals surface area (Å²) in [4.78, 5) is 3.90. The minimum absolute atomic E-state index is 0.121. The Morgan fingerprint density at radius 2 is 2.28 bits per heavy atom. The SMILES string of the molecule is C=C(C1CC(O)C2NC(=NC)SC2O1)C(F)(F)F. The molecule has 4 nitrogen and oxygen atoms in total. The fourth-order valence-corrected chi connectivity index (χ4v) is 3.04. The smallest absolute Gasteiger partial charge is 0.391 e. The Labute approximate surface area is 106 Å². The highest BCUT2D eigenvalue weighted by Gasteiger charge is 2.48. The van der Waals surface area contributed by atoms with Gasteiger partial charge >= 0.3 is 6.18 Å². The van der Waals surface area contributed by atoms with Crippen LogP contribution in [0.5, 0.6) is 0 Å². The largest absolute Gasteiger partial charge is 0.414 e. The van der Waals surface area contributed by atoms with Gasteiger partial charge in [0, 0.05) is 13.5 Å². The van der Waals surface area contributed by atoms with Gasteiger partial charge in [-0.3, -0.25) is 4.99 Å². The van der Waals surface area contributed by atoms with E-state index in [1.165, 1.54) is 11.8 Å². The molecule has 2 aliphatic rings. The van der Waals surface area contributed by atoms with Crippen molar-refractivity contribution in [2.24, 2.45) is 4.99 Å². The Kier molecular flexibility index (Phi) is 3.61. The first-order chi connectivity index (χ1) is 8.32. The molecule has 2 aliphatic heterocycles. The maximum Gasteiger partial charge on any atom is 0.414 e. The molecule has 2 heterocycles. The van der Waals surface area contributed by atoms with Gasteiger partial charge in [-0.15, -0.1) is 0 Å². The number of ether oxygens (including phenoxy) is 1. The normalized spacial score (nSPS) is 38.4. The molecule has 2 N–H and O–H groups in total. The summed E-state index contributed by atoms with van der Waals surface area (Å²) in [5.41, 5.74) is -1.53. The second-order valence-corrected chi connectivity index (χ2v) is 5.22. The maximum absolute atomic E-state index is 12.5. The number of aliphatic imine (C=N–C) groups is 1. The van der Waals surface area contributed by atoms with Gasteiger partial charge < -0.3 is 15.2 Å². The standard InChI is InChI=1S/C10H13F3N2O2S/c1-4(10(11,12)13)6-3-5(16)7-8(17-6)18-9(14-2)15-7/h5-8,16H,1,3H2,2H3,(H,14,15). The van der Waals surface area contributed by atoms with Gasteiger partial charge in [0.15, 0.2) is 5.17 Å². The summed E-state index contributed by atoms with van der Waals surface area (Å²) >= 11 is 1.18. The highest BCUT2D eigenvalue weighted by molar-refractivity contribution is 8.14. The Hall–Kier alpha value is -0.730. The first-order valence-corrected chi connectivity index (χ1v) is 6.20. The van der Waals surface area contributed by atoms with Crippen molar-refractivity contribution in [1.29, 1.82) is 0 Å². The number of hydrogen-bond acceptors (Lipinski definition) is 4. The fourth-order valence-electron chi connectivity index (χ4n) is 1.93. The monoisotopic (exact) mass is 282 g/mol. The number of nitrogens with zero attached hydrogens (tertiary/aromatic N) is 1. The number of nitrogens with one attached hydrogen (secondary N) is 1. The van der Waals surface area contributed by atoms with Crippen molar-refractivity contribution in [3.05, 3.63) is 12.2 Å². The lowest BCUT2D eigenvalue weighted by atomic mass is 9.97. The molecule has 8 heteroatoms. The number of aliphatic hydroxyl groups is 1. The zero-order valence-corrected chi connectivity index (χ0v) is 10.4. The van der Waals surface area contributed by atoms with E-state index in [1.807, 2.05) is 0 Å². The topological polar surface area (TPSA) is 53.8 Å². The van der Waals surface area contributed by atoms with E-state index in [9.17, 15) is 18.3 Å². The van der Waals surface area contributed by atoms with Gasteiger partial charge in [0.2, 0.25) is 0 Å². The van der Waals surface area contributed by atoms with Crippen LogP contribution < -0.4 is 5.32 Å². The molecule has 4 atom stereocenters. The predicted molar refractivity (Wildman–Crippen MR) is 62.4 cm³/mol. The summed E-state index contributed by atoms with van der Waals surface area (Å²) in [6.07, 6.45) is -6.74. The lowest BCUT2D eigenvalue weighted by Gasteiger charge is -2.36. The van der Waals surface area contributed by atoms with Crippen LogP contribution in [0.4, 0.5) is 13.2 Å². The van der Waals surface area contributed by atoms with Crippen molar-refractivity contribution in [3.8, 4) is 0 Å². The molecule has 0 spiro atoms. The van der Waals surface area contributed by atoms with E-state index >= 15 is 0 Å². The third-order valence-electron chi connectivity index (χ3n) is 2.94. The van der Waals surface area contributed by atoms with Crippen LogP contribution in [-0.4, -0.2) is 47.2 Å². The molecular weight excluding hydrogens is 269 g/mol. The Balaban J connectivity index is 2.10. The zero-order chi connectivity index (χ0) is 13.5. The van der Waals surface area contributed by atoms with E-state index in [-0.39, 0.29) is 6.42 Å². The highest BCUT2D eigenvalue weighted by atomic mass is 32.2. The number of fused-ring (bicyclic) bond motifs is 1. The van der Waals surface area contributed by atoms with Crippen LogP contribution >= 0.6 is 11.8 Å². The first kappa shape index (κ1) is 13.7. The van der Waals surface area contributed by atoms with E-state index in [2.05, 4.69) is 16.9 Å². The predicted octanol–water partition coefficient (Wildman–Crippen LogP) is 1.27. The van der Waals surface area contributed by atoms with Crippen LogP contribution in [0.2, 0.25) is 0 Å². The van der Waals surface area contributed by atoms with Gasteiger partial charge in [-0.1, -0.05) is 18.3 Å². The zero-order valence-electron chi connectivity index (χ0n) is 9.57. The molecule has 0 bridgehead atoms. The minimum atomic E-state index is -4.50. The second-order valence-electron chi connectivity index (χ2n) is 4.14. The van der Waals surface area contributed by atoms with Crippen molar-refractivity contribution in [2.45, 2.75) is 36.3 Å². The molecule has 4 unspecified atom stereocenters. The molecule has 2 rings (SSSR count). The Bertz CT molecular complexity index is 386. The first-order valence-electron chi connectivity index (χ1n) is 5.32. The van der Waals surface area contributed by atoms with E-state index in [1.54, 1.807) is 7.05 Å². The third kappa shape index (κ3) is 2.50. The molecule has 0 aromatic heterocycles. The highest BCUT2D eigenvalue weighted by Crippen LogP contribution is 2.39. The molecule has 0 radical (unpaired) electrons. The van der Waals surface area contributed by atoms with Crippen LogP contribution in [0.3, 0.4) is 0 Å². The number of hydrogen-bond donors (Lipinski definition) is 2. The molecule has 0 aromatic carbocycles. The lowest BCUT2D eigenvalue weighted by Crippen LogP contribution is -2.51. The summed E-state index contributed by atoms with van der Waals surface area (Å²) in [5, 5.41) is 13.3. The number of rotatable bonds is 1. The van der Waals surface area contributed by atoms with Gasteiger partial charge in [0.05, 0.1) is 23.8 Å². The number of amidine groups is 1. The van der Waals surface area contributed by atoms with Crippen molar-refractivity contribution < 1.29 is 23.0 Å². The molecule has 2 saturated heterocycles. The van der Waals surface area contributed by atoms with Crippen LogP contribution in [0.15, 0.2) is 17.1 Å². The van der Waals surface area contributed by atoms with Crippen molar-refractivity contribution in [1.82, 2.24) is 5.32 Å². The average molecular weight is 282 g/mol. The minimum Gasteiger partial charge on any atom is -0.391 e. The van der Waals surface area contributed by atoms with Gasteiger partial charge in [-0.2, -0.15) is 13.2 Å². The molecule has 18 heavy (non-hydrogen) atoms. The van der Waals surface area contributed by atoms with Crippen molar-refractivity contribution >= 4 is 16.9 Å². The van der Waals surface area contributed by atoms with Crippen LogP contribution in [0, 0.1) is 0 Å². The number of aliphatic hydroxyl groups excluding tert-OH is 1. The molecule has 0 saturated carbocycles. The quantitative estimate of drug-likeness (QED) is 0.711. The molecule has 2 fully saturated rings. The van der Waals surface area contributed by atoms with E-state index < -0.39 is 35.4 Å². The number of alkyl halides is 3. The van der Waals surface area contributed by atoms with Crippen molar-refractivity contribution in [3.63, 3.8) is 0 Å².